The molecule has 1 fully saturated rings. The normalized spacial score (nSPS) is 41.8. The lowest BCUT2D eigenvalue weighted by Crippen LogP contribution is -2.59. The Morgan fingerprint density at radius 1 is 1.13 bits per heavy atom. The van der Waals surface area contributed by atoms with Crippen LogP contribution in [0.15, 0.2) is 0 Å². The Bertz CT molecular complexity index is 190. The fraction of sp³-hybridized carbons (Fsp3) is 1.00. The predicted octanol–water partition coefficient (Wildman–Crippen LogP) is -2.27. The van der Waals surface area contributed by atoms with Crippen molar-refractivity contribution >= 4 is 12.6 Å². The van der Waals surface area contributed by atoms with Gasteiger partial charge in [-0.15, -0.1) is 0 Å². The summed E-state index contributed by atoms with van der Waals surface area (Å²) in [5, 5.41) is 37.2. The molecule has 0 saturated carbocycles. The first-order chi connectivity index (χ1) is 7.11. The molecule has 0 spiro atoms. The average Bonchev–Trinajstić information content (AvgIpc) is 2.25. The number of rotatable bonds is 4. The van der Waals surface area contributed by atoms with E-state index in [1.54, 1.807) is 0 Å². The molecule has 1 saturated heterocycles. The third-order valence-corrected chi connectivity index (χ3v) is 2.40. The van der Waals surface area contributed by atoms with Crippen LogP contribution in [0.5, 0.6) is 0 Å². The molecule has 1 heterocycles. The van der Waals surface area contributed by atoms with Gasteiger partial charge in [0.15, 0.2) is 6.29 Å². The van der Waals surface area contributed by atoms with Gasteiger partial charge in [-0.1, -0.05) is 0 Å². The minimum atomic E-state index is -1.39. The van der Waals surface area contributed by atoms with Gasteiger partial charge >= 0.3 is 0 Å². The quantitative estimate of drug-likeness (QED) is 0.355. The molecule has 5 atom stereocenters. The monoisotopic (exact) mass is 240 g/mol. The van der Waals surface area contributed by atoms with Crippen LogP contribution in [-0.2, 0) is 9.47 Å². The zero-order valence-electron chi connectivity index (χ0n) is 8.06. The molecule has 90 valence electrons. The topological polar surface area (TPSA) is 99.4 Å². The van der Waals surface area contributed by atoms with Gasteiger partial charge in [0.2, 0.25) is 0 Å². The minimum Gasteiger partial charge on any atom is -0.394 e. The first-order valence-electron chi connectivity index (χ1n) is 4.64. The van der Waals surface area contributed by atoms with Gasteiger partial charge in [0.1, 0.15) is 24.4 Å². The van der Waals surface area contributed by atoms with Crippen LogP contribution in [0.2, 0.25) is 0 Å². The minimum absolute atomic E-state index is 0.242. The highest BCUT2D eigenvalue weighted by atomic mass is 32.1. The van der Waals surface area contributed by atoms with E-state index in [4.69, 9.17) is 14.6 Å². The SMILES string of the molecule is OCC1O[C@@H](OCCS)C(O)C(O)C1O. The lowest BCUT2D eigenvalue weighted by molar-refractivity contribution is -0.299. The molecule has 0 bridgehead atoms. The van der Waals surface area contributed by atoms with E-state index in [0.717, 1.165) is 0 Å². The van der Waals surface area contributed by atoms with E-state index < -0.39 is 37.3 Å². The molecule has 15 heavy (non-hydrogen) atoms. The van der Waals surface area contributed by atoms with Crippen molar-refractivity contribution in [2.24, 2.45) is 0 Å². The van der Waals surface area contributed by atoms with Crippen molar-refractivity contribution in [3.8, 4) is 0 Å². The Morgan fingerprint density at radius 2 is 1.80 bits per heavy atom. The Labute approximate surface area is 92.8 Å². The van der Waals surface area contributed by atoms with E-state index in [0.29, 0.717) is 5.75 Å². The van der Waals surface area contributed by atoms with E-state index in [-0.39, 0.29) is 6.61 Å². The van der Waals surface area contributed by atoms with Crippen molar-refractivity contribution in [1.82, 2.24) is 0 Å². The summed E-state index contributed by atoms with van der Waals surface area (Å²) in [6, 6.07) is 0. The summed E-state index contributed by atoms with van der Waals surface area (Å²) < 4.78 is 10.1. The van der Waals surface area contributed by atoms with Crippen LogP contribution in [0.1, 0.15) is 0 Å². The fourth-order valence-electron chi connectivity index (χ4n) is 1.37. The van der Waals surface area contributed by atoms with E-state index in [2.05, 4.69) is 12.6 Å². The first kappa shape index (κ1) is 13.2. The molecular formula is C8H16O6S. The predicted molar refractivity (Wildman–Crippen MR) is 53.6 cm³/mol. The molecule has 0 aliphatic carbocycles. The lowest BCUT2D eigenvalue weighted by atomic mass is 9.99. The largest absolute Gasteiger partial charge is 0.394 e. The van der Waals surface area contributed by atoms with E-state index in [1.807, 2.05) is 0 Å². The van der Waals surface area contributed by atoms with Crippen LogP contribution in [0.4, 0.5) is 0 Å². The van der Waals surface area contributed by atoms with E-state index >= 15 is 0 Å². The molecule has 4 unspecified atom stereocenters. The van der Waals surface area contributed by atoms with Crippen molar-refractivity contribution in [3.63, 3.8) is 0 Å². The number of thiol groups is 1. The second-order valence-corrected chi connectivity index (χ2v) is 3.74. The zero-order valence-corrected chi connectivity index (χ0v) is 8.96. The Hall–Kier alpha value is 0.110. The number of hydrogen-bond acceptors (Lipinski definition) is 7. The molecule has 0 aromatic heterocycles. The summed E-state index contributed by atoms with van der Waals surface area (Å²) in [6.07, 6.45) is -6.04. The Morgan fingerprint density at radius 3 is 2.33 bits per heavy atom. The van der Waals surface area contributed by atoms with Crippen molar-refractivity contribution < 1.29 is 29.9 Å². The smallest absolute Gasteiger partial charge is 0.186 e. The number of aliphatic hydroxyl groups is 4. The first-order valence-corrected chi connectivity index (χ1v) is 5.28. The summed E-state index contributed by atoms with van der Waals surface area (Å²) in [4.78, 5) is 0. The van der Waals surface area contributed by atoms with E-state index in [9.17, 15) is 15.3 Å². The molecule has 7 heteroatoms. The summed E-state index contributed by atoms with van der Waals surface area (Å²) in [7, 11) is 0. The number of aliphatic hydroxyl groups excluding tert-OH is 4. The van der Waals surface area contributed by atoms with Gasteiger partial charge in [-0.25, -0.2) is 0 Å². The number of hydrogen-bond donors (Lipinski definition) is 5. The number of ether oxygens (including phenoxy) is 2. The third kappa shape index (κ3) is 3.04. The molecule has 6 nitrogen and oxygen atoms in total. The van der Waals surface area contributed by atoms with Crippen LogP contribution in [-0.4, -0.2) is 70.1 Å². The molecule has 1 aliphatic rings. The van der Waals surface area contributed by atoms with Gasteiger partial charge in [-0.3, -0.25) is 0 Å². The van der Waals surface area contributed by atoms with Crippen molar-refractivity contribution in [2.45, 2.75) is 30.7 Å². The van der Waals surface area contributed by atoms with Crippen LogP contribution in [0.3, 0.4) is 0 Å². The zero-order chi connectivity index (χ0) is 11.4. The molecule has 4 N–H and O–H groups in total. The molecule has 0 amide bonds. The van der Waals surface area contributed by atoms with Gasteiger partial charge in [0.25, 0.3) is 0 Å². The maximum Gasteiger partial charge on any atom is 0.186 e. The maximum atomic E-state index is 9.48. The van der Waals surface area contributed by atoms with Gasteiger partial charge in [-0.05, 0) is 0 Å². The molecular weight excluding hydrogens is 224 g/mol. The maximum absolute atomic E-state index is 9.48. The highest BCUT2D eigenvalue weighted by molar-refractivity contribution is 7.80. The summed E-state index contributed by atoms with van der Waals surface area (Å²) in [6.45, 7) is -0.211. The van der Waals surface area contributed by atoms with Crippen LogP contribution >= 0.6 is 12.6 Å². The van der Waals surface area contributed by atoms with Gasteiger partial charge < -0.3 is 29.9 Å². The summed E-state index contributed by atoms with van der Waals surface area (Å²) >= 11 is 3.91. The summed E-state index contributed by atoms with van der Waals surface area (Å²) in [5.74, 6) is 0.440. The van der Waals surface area contributed by atoms with E-state index in [1.165, 1.54) is 0 Å². The molecule has 1 aliphatic heterocycles. The highest BCUT2D eigenvalue weighted by Gasteiger charge is 2.43. The fourth-order valence-corrected chi connectivity index (χ4v) is 1.48. The van der Waals surface area contributed by atoms with Crippen molar-refractivity contribution in [2.75, 3.05) is 19.0 Å². The average molecular weight is 240 g/mol. The van der Waals surface area contributed by atoms with Gasteiger partial charge in [0, 0.05) is 5.75 Å². The summed E-state index contributed by atoms with van der Waals surface area (Å²) in [5.41, 5.74) is 0. The molecule has 0 radical (unpaired) electrons. The Balaban J connectivity index is 2.57. The van der Waals surface area contributed by atoms with Crippen molar-refractivity contribution in [1.29, 1.82) is 0 Å². The Kier molecular flexibility index (Phi) is 5.27. The molecule has 1 rings (SSSR count). The van der Waals surface area contributed by atoms with Crippen LogP contribution in [0, 0.1) is 0 Å². The molecule has 0 aromatic rings. The molecule has 0 aromatic carbocycles. The highest BCUT2D eigenvalue weighted by Crippen LogP contribution is 2.21. The second kappa shape index (κ2) is 6.00. The van der Waals surface area contributed by atoms with Crippen LogP contribution in [0.25, 0.3) is 0 Å². The third-order valence-electron chi connectivity index (χ3n) is 2.22. The van der Waals surface area contributed by atoms with Crippen LogP contribution < -0.4 is 0 Å². The standard InChI is InChI=1S/C8H16O6S/c9-3-4-5(10)6(11)7(12)8(14-4)13-1-2-15/h4-12,15H,1-3H2/t4?,5?,6?,7?,8-/m1/s1. The second-order valence-electron chi connectivity index (χ2n) is 3.29. The van der Waals surface area contributed by atoms with Gasteiger partial charge in [-0.2, -0.15) is 12.6 Å². The van der Waals surface area contributed by atoms with Gasteiger partial charge in [0.05, 0.1) is 13.2 Å². The van der Waals surface area contributed by atoms with Crippen molar-refractivity contribution in [3.05, 3.63) is 0 Å². The lowest BCUT2D eigenvalue weighted by Gasteiger charge is -2.39.